The van der Waals surface area contributed by atoms with Gasteiger partial charge in [0.15, 0.2) is 5.96 Å². The van der Waals surface area contributed by atoms with Crippen LogP contribution in [0.2, 0.25) is 0 Å². The summed E-state index contributed by atoms with van der Waals surface area (Å²) in [6.45, 7) is 9.26. The van der Waals surface area contributed by atoms with Gasteiger partial charge in [0.25, 0.3) is 0 Å². The quantitative estimate of drug-likeness (QED) is 0.328. The summed E-state index contributed by atoms with van der Waals surface area (Å²) in [5.41, 5.74) is 0. The molecule has 162 valence electrons. The lowest BCUT2D eigenvalue weighted by atomic mass is 10.3. The molecule has 9 nitrogen and oxygen atoms in total. The number of guanidine groups is 1. The first-order valence-electron chi connectivity index (χ1n) is 10.7. The van der Waals surface area contributed by atoms with Crippen LogP contribution in [0.5, 0.6) is 0 Å². The van der Waals surface area contributed by atoms with Gasteiger partial charge in [-0.3, -0.25) is 9.89 Å². The van der Waals surface area contributed by atoms with Crippen LogP contribution in [0.3, 0.4) is 0 Å². The Morgan fingerprint density at radius 3 is 2.62 bits per heavy atom. The van der Waals surface area contributed by atoms with Crippen molar-refractivity contribution in [1.29, 1.82) is 0 Å². The zero-order valence-corrected chi connectivity index (χ0v) is 17.6. The second-order valence-corrected chi connectivity index (χ2v) is 7.37. The molecule has 1 aromatic rings. The van der Waals surface area contributed by atoms with Crippen LogP contribution < -0.4 is 15.5 Å². The fourth-order valence-corrected chi connectivity index (χ4v) is 3.53. The Labute approximate surface area is 173 Å². The smallest absolute Gasteiger partial charge is 0.225 e. The van der Waals surface area contributed by atoms with Crippen molar-refractivity contribution < 1.29 is 9.47 Å². The van der Waals surface area contributed by atoms with Gasteiger partial charge < -0.3 is 25.0 Å². The molecule has 0 saturated carbocycles. The highest BCUT2D eigenvalue weighted by Gasteiger charge is 2.18. The minimum absolute atomic E-state index is 0.287. The lowest BCUT2D eigenvalue weighted by Gasteiger charge is -2.34. The molecule has 2 saturated heterocycles. The maximum atomic E-state index is 5.78. The summed E-state index contributed by atoms with van der Waals surface area (Å²) in [6, 6.07) is 1.86. The molecular weight excluding hydrogens is 370 g/mol. The van der Waals surface area contributed by atoms with Crippen molar-refractivity contribution in [3.05, 3.63) is 18.5 Å². The molecule has 3 rings (SSSR count). The largest absolute Gasteiger partial charge is 0.379 e. The fourth-order valence-electron chi connectivity index (χ4n) is 3.53. The van der Waals surface area contributed by atoms with E-state index in [9.17, 15) is 0 Å². The fraction of sp³-hybridized carbons (Fsp3) is 0.750. The molecule has 0 radical (unpaired) electrons. The summed E-state index contributed by atoms with van der Waals surface area (Å²) in [5, 5.41) is 6.75. The summed E-state index contributed by atoms with van der Waals surface area (Å²) >= 11 is 0. The van der Waals surface area contributed by atoms with Crippen molar-refractivity contribution >= 4 is 11.9 Å². The van der Waals surface area contributed by atoms with Crippen LogP contribution in [-0.4, -0.2) is 99.6 Å². The molecule has 9 heteroatoms. The predicted octanol–water partition coefficient (Wildman–Crippen LogP) is 0.349. The Bertz CT molecular complexity index is 588. The first-order valence-corrected chi connectivity index (χ1v) is 10.7. The Morgan fingerprint density at radius 2 is 1.93 bits per heavy atom. The van der Waals surface area contributed by atoms with Gasteiger partial charge in [0, 0.05) is 71.9 Å². The maximum Gasteiger partial charge on any atom is 0.225 e. The second-order valence-electron chi connectivity index (χ2n) is 7.37. The van der Waals surface area contributed by atoms with Crippen LogP contribution in [0.15, 0.2) is 23.5 Å². The molecular formula is C20H35N7O2. The highest BCUT2D eigenvalue weighted by Crippen LogP contribution is 2.10. The third kappa shape index (κ3) is 7.75. The van der Waals surface area contributed by atoms with E-state index in [0.717, 1.165) is 96.8 Å². The molecule has 0 spiro atoms. The second kappa shape index (κ2) is 12.6. The summed E-state index contributed by atoms with van der Waals surface area (Å²) in [7, 11) is 1.81. The van der Waals surface area contributed by atoms with E-state index in [1.807, 2.05) is 13.1 Å². The number of aliphatic imine (C=N–C) groups is 1. The highest BCUT2D eigenvalue weighted by atomic mass is 16.5. The molecule has 0 bridgehead atoms. The number of rotatable bonds is 10. The minimum Gasteiger partial charge on any atom is -0.379 e. The summed E-state index contributed by atoms with van der Waals surface area (Å²) in [5.74, 6) is 1.70. The van der Waals surface area contributed by atoms with E-state index in [1.54, 1.807) is 12.4 Å². The molecule has 0 amide bonds. The summed E-state index contributed by atoms with van der Waals surface area (Å²) in [4.78, 5) is 17.7. The van der Waals surface area contributed by atoms with Crippen molar-refractivity contribution in [2.24, 2.45) is 4.99 Å². The number of nitrogens with zero attached hydrogens (tertiary/aromatic N) is 5. The standard InChI is InChI=1S/C20H35N7O2/c1-21-19(23-9-4-15-29-18-5-16-28-17-18)22-8-3-10-26-11-13-27(14-12-26)20-24-6-2-7-25-20/h2,6-7,18H,3-5,8-17H2,1H3,(H2,21,22,23). The number of piperazine rings is 1. The first kappa shape index (κ1) is 21.7. The molecule has 3 heterocycles. The molecule has 1 atom stereocenters. The number of ether oxygens (including phenoxy) is 2. The van der Waals surface area contributed by atoms with Gasteiger partial charge in [-0.2, -0.15) is 0 Å². The van der Waals surface area contributed by atoms with Crippen molar-refractivity contribution in [1.82, 2.24) is 25.5 Å². The topological polar surface area (TPSA) is 87.1 Å². The molecule has 2 N–H and O–H groups in total. The summed E-state index contributed by atoms with van der Waals surface area (Å²) in [6.07, 6.45) is 6.97. The van der Waals surface area contributed by atoms with Gasteiger partial charge in [-0.15, -0.1) is 0 Å². The van der Waals surface area contributed by atoms with Gasteiger partial charge in [-0.25, -0.2) is 9.97 Å². The zero-order chi connectivity index (χ0) is 20.2. The molecule has 2 aliphatic rings. The van der Waals surface area contributed by atoms with Crippen LogP contribution in [0.1, 0.15) is 19.3 Å². The molecule has 29 heavy (non-hydrogen) atoms. The van der Waals surface area contributed by atoms with E-state index < -0.39 is 0 Å². The molecule has 1 unspecified atom stereocenters. The Kier molecular flexibility index (Phi) is 9.41. The Morgan fingerprint density at radius 1 is 1.17 bits per heavy atom. The SMILES string of the molecule is CN=C(NCCCOC1CCOC1)NCCCN1CCN(c2ncccn2)CC1. The van der Waals surface area contributed by atoms with Crippen LogP contribution in [0.4, 0.5) is 5.95 Å². The van der Waals surface area contributed by atoms with E-state index in [2.05, 4.69) is 35.4 Å². The number of anilines is 1. The normalized spacial score (nSPS) is 20.8. The van der Waals surface area contributed by atoms with Gasteiger partial charge in [-0.1, -0.05) is 0 Å². The van der Waals surface area contributed by atoms with E-state index in [0.29, 0.717) is 0 Å². The van der Waals surface area contributed by atoms with Crippen LogP contribution in [0, 0.1) is 0 Å². The van der Waals surface area contributed by atoms with Crippen LogP contribution in [-0.2, 0) is 9.47 Å². The highest BCUT2D eigenvalue weighted by molar-refractivity contribution is 5.79. The molecule has 2 fully saturated rings. The van der Waals surface area contributed by atoms with Crippen LogP contribution in [0.25, 0.3) is 0 Å². The number of aromatic nitrogens is 2. The molecule has 1 aromatic heterocycles. The zero-order valence-electron chi connectivity index (χ0n) is 17.6. The van der Waals surface area contributed by atoms with Crippen LogP contribution >= 0.6 is 0 Å². The Hall–Kier alpha value is -1.97. The Balaban J connectivity index is 1.19. The number of nitrogens with one attached hydrogen (secondary N) is 2. The third-order valence-corrected chi connectivity index (χ3v) is 5.23. The summed E-state index contributed by atoms with van der Waals surface area (Å²) < 4.78 is 11.1. The van der Waals surface area contributed by atoms with Crippen molar-refractivity contribution in [2.45, 2.75) is 25.4 Å². The predicted molar refractivity (Wildman–Crippen MR) is 114 cm³/mol. The van der Waals surface area contributed by atoms with Crippen molar-refractivity contribution in [3.63, 3.8) is 0 Å². The van der Waals surface area contributed by atoms with Gasteiger partial charge in [-0.05, 0) is 31.9 Å². The van der Waals surface area contributed by atoms with E-state index >= 15 is 0 Å². The minimum atomic E-state index is 0.287. The third-order valence-electron chi connectivity index (χ3n) is 5.23. The van der Waals surface area contributed by atoms with Gasteiger partial charge >= 0.3 is 0 Å². The van der Waals surface area contributed by atoms with E-state index in [4.69, 9.17) is 9.47 Å². The van der Waals surface area contributed by atoms with E-state index in [1.165, 1.54) is 0 Å². The van der Waals surface area contributed by atoms with Gasteiger partial charge in [0.1, 0.15) is 0 Å². The molecule has 0 aromatic carbocycles. The molecule has 2 aliphatic heterocycles. The van der Waals surface area contributed by atoms with Crippen molar-refractivity contribution in [3.8, 4) is 0 Å². The molecule has 0 aliphatic carbocycles. The lowest BCUT2D eigenvalue weighted by Crippen LogP contribution is -2.47. The van der Waals surface area contributed by atoms with E-state index in [-0.39, 0.29) is 6.10 Å². The van der Waals surface area contributed by atoms with Crippen molar-refractivity contribution in [2.75, 3.05) is 77.6 Å². The maximum absolute atomic E-state index is 5.78. The van der Waals surface area contributed by atoms with Gasteiger partial charge in [0.05, 0.1) is 12.7 Å². The lowest BCUT2D eigenvalue weighted by molar-refractivity contribution is 0.0420. The average Bonchev–Trinajstić information content (AvgIpc) is 3.29. The van der Waals surface area contributed by atoms with Gasteiger partial charge in [0.2, 0.25) is 5.95 Å². The monoisotopic (exact) mass is 405 g/mol. The average molecular weight is 406 g/mol. The first-order chi connectivity index (χ1) is 14.3. The number of hydrogen-bond donors (Lipinski definition) is 2. The number of hydrogen-bond acceptors (Lipinski definition) is 7.